The lowest BCUT2D eigenvalue weighted by molar-refractivity contribution is -0.144. The van der Waals surface area contributed by atoms with Gasteiger partial charge < -0.3 is 9.67 Å². The number of hydrogen-bond acceptors (Lipinski definition) is 1. The molecule has 1 rings (SSSR count). The van der Waals surface area contributed by atoms with Crippen molar-refractivity contribution in [2.45, 2.75) is 26.8 Å². The summed E-state index contributed by atoms with van der Waals surface area (Å²) in [5, 5.41) is 9.25. The summed E-state index contributed by atoms with van der Waals surface area (Å²) in [4.78, 5) is 14.6. The molecule has 1 atom stereocenters. The average Bonchev–Trinajstić information content (AvgIpc) is 2.44. The standard InChI is InChI=1S/C11H13BrN2O2/c1-11(2,3)9(10(15)16)14-6-7(13-4)5-8(14)12/h5-6,9H,1-3H3,(H,15,16). The zero-order chi connectivity index (χ0) is 12.5. The van der Waals surface area contributed by atoms with E-state index in [2.05, 4.69) is 20.8 Å². The summed E-state index contributed by atoms with van der Waals surface area (Å²) in [6, 6.07) is 0.923. The van der Waals surface area contributed by atoms with Crippen LogP contribution in [0.2, 0.25) is 0 Å². The SMILES string of the molecule is [C-]#[N+]c1cc(Br)n(C(C(=O)O)C(C)(C)C)c1. The maximum atomic E-state index is 11.3. The van der Waals surface area contributed by atoms with E-state index in [4.69, 9.17) is 6.57 Å². The summed E-state index contributed by atoms with van der Waals surface area (Å²) in [6.07, 6.45) is 1.56. The van der Waals surface area contributed by atoms with Gasteiger partial charge in [0, 0.05) is 6.20 Å². The van der Waals surface area contributed by atoms with Crippen molar-refractivity contribution in [2.75, 3.05) is 0 Å². The summed E-state index contributed by atoms with van der Waals surface area (Å²) < 4.78 is 2.19. The van der Waals surface area contributed by atoms with E-state index in [1.54, 1.807) is 16.8 Å². The summed E-state index contributed by atoms with van der Waals surface area (Å²) in [6.45, 7) is 12.5. The van der Waals surface area contributed by atoms with Crippen LogP contribution in [0, 0.1) is 12.0 Å². The van der Waals surface area contributed by atoms with Gasteiger partial charge in [-0.25, -0.2) is 9.64 Å². The van der Waals surface area contributed by atoms with Gasteiger partial charge in [-0.2, -0.15) is 0 Å². The summed E-state index contributed by atoms with van der Waals surface area (Å²) in [5.41, 5.74) is 0.00882. The van der Waals surface area contributed by atoms with Gasteiger partial charge in [-0.3, -0.25) is 0 Å². The number of hydrogen-bond donors (Lipinski definition) is 1. The predicted octanol–water partition coefficient (Wildman–Crippen LogP) is 3.47. The molecule has 1 N–H and O–H groups in total. The van der Waals surface area contributed by atoms with E-state index in [1.807, 2.05) is 20.8 Å². The Bertz CT molecular complexity index is 452. The minimum Gasteiger partial charge on any atom is -0.480 e. The summed E-state index contributed by atoms with van der Waals surface area (Å²) in [5.74, 6) is -0.902. The Morgan fingerprint density at radius 3 is 2.50 bits per heavy atom. The van der Waals surface area contributed by atoms with E-state index in [-0.39, 0.29) is 0 Å². The number of halogens is 1. The number of rotatable bonds is 2. The van der Waals surface area contributed by atoms with Gasteiger partial charge in [0.05, 0.1) is 11.2 Å². The van der Waals surface area contributed by atoms with Gasteiger partial charge in [-0.05, 0) is 27.4 Å². The number of nitrogens with zero attached hydrogens (tertiary/aromatic N) is 2. The van der Waals surface area contributed by atoms with Crippen LogP contribution in [0.15, 0.2) is 16.9 Å². The first kappa shape index (κ1) is 12.8. The molecule has 5 heteroatoms. The first-order valence-corrected chi connectivity index (χ1v) is 5.54. The number of carboxylic acids is 1. The molecule has 4 nitrogen and oxygen atoms in total. The third-order valence-corrected chi connectivity index (χ3v) is 2.88. The molecule has 0 aliphatic rings. The molecule has 0 bridgehead atoms. The van der Waals surface area contributed by atoms with E-state index in [0.29, 0.717) is 10.3 Å². The second-order valence-electron chi connectivity index (χ2n) is 4.65. The van der Waals surface area contributed by atoms with Crippen LogP contribution in [-0.4, -0.2) is 15.6 Å². The molecule has 0 spiro atoms. The number of carbonyl (C=O) groups is 1. The molecule has 0 aliphatic heterocycles. The molecular weight excluding hydrogens is 272 g/mol. The van der Waals surface area contributed by atoms with Crippen molar-refractivity contribution in [2.24, 2.45) is 5.41 Å². The van der Waals surface area contributed by atoms with E-state index in [0.717, 1.165) is 0 Å². The topological polar surface area (TPSA) is 46.6 Å². The fourth-order valence-electron chi connectivity index (χ4n) is 1.60. The molecule has 1 aromatic heterocycles. The molecule has 1 unspecified atom stereocenters. The molecule has 0 aromatic carbocycles. The van der Waals surface area contributed by atoms with Gasteiger partial charge in [0.1, 0.15) is 6.04 Å². The number of carboxylic acid groups (broad SMARTS) is 1. The van der Waals surface area contributed by atoms with Crippen molar-refractivity contribution >= 4 is 27.6 Å². The van der Waals surface area contributed by atoms with Crippen LogP contribution in [-0.2, 0) is 4.79 Å². The van der Waals surface area contributed by atoms with Crippen LogP contribution >= 0.6 is 15.9 Å². The third kappa shape index (κ3) is 2.45. The van der Waals surface area contributed by atoms with Crippen LogP contribution < -0.4 is 0 Å². The monoisotopic (exact) mass is 284 g/mol. The van der Waals surface area contributed by atoms with Crippen molar-refractivity contribution in [3.05, 3.63) is 28.3 Å². The van der Waals surface area contributed by atoms with E-state index >= 15 is 0 Å². The summed E-state index contributed by atoms with van der Waals surface area (Å²) >= 11 is 3.28. The van der Waals surface area contributed by atoms with Crippen molar-refractivity contribution in [3.8, 4) is 0 Å². The predicted molar refractivity (Wildman–Crippen MR) is 64.5 cm³/mol. The van der Waals surface area contributed by atoms with Gasteiger partial charge in [0.25, 0.3) is 0 Å². The van der Waals surface area contributed by atoms with Crippen LogP contribution in [0.25, 0.3) is 4.85 Å². The Morgan fingerprint density at radius 2 is 2.19 bits per heavy atom. The zero-order valence-corrected chi connectivity index (χ0v) is 10.9. The quantitative estimate of drug-likeness (QED) is 0.846. The lowest BCUT2D eigenvalue weighted by Crippen LogP contribution is -2.31. The fourth-order valence-corrected chi connectivity index (χ4v) is 2.15. The largest absolute Gasteiger partial charge is 0.480 e. The minimum absolute atomic E-state index is 0.424. The fraction of sp³-hybridized carbons (Fsp3) is 0.455. The molecular formula is C11H13BrN2O2. The maximum absolute atomic E-state index is 11.3. The maximum Gasteiger partial charge on any atom is 0.327 e. The van der Waals surface area contributed by atoms with Crippen molar-refractivity contribution < 1.29 is 9.90 Å². The molecule has 1 heterocycles. The van der Waals surface area contributed by atoms with Crippen LogP contribution in [0.1, 0.15) is 26.8 Å². The van der Waals surface area contributed by atoms with Gasteiger partial charge in [0.2, 0.25) is 5.69 Å². The highest BCUT2D eigenvalue weighted by molar-refractivity contribution is 9.10. The van der Waals surface area contributed by atoms with Crippen LogP contribution in [0.3, 0.4) is 0 Å². The second-order valence-corrected chi connectivity index (χ2v) is 5.46. The van der Waals surface area contributed by atoms with Crippen molar-refractivity contribution in [1.29, 1.82) is 0 Å². The van der Waals surface area contributed by atoms with Gasteiger partial charge in [0.15, 0.2) is 0 Å². The lowest BCUT2D eigenvalue weighted by atomic mass is 9.86. The molecule has 0 amide bonds. The molecule has 86 valence electrons. The minimum atomic E-state index is -0.902. The highest BCUT2D eigenvalue weighted by atomic mass is 79.9. The molecule has 0 radical (unpaired) electrons. The Hall–Kier alpha value is -1.28. The van der Waals surface area contributed by atoms with E-state index in [9.17, 15) is 9.90 Å². The number of aromatic nitrogens is 1. The van der Waals surface area contributed by atoms with Crippen molar-refractivity contribution in [1.82, 2.24) is 4.57 Å². The third-order valence-electron chi connectivity index (χ3n) is 2.25. The molecule has 0 saturated carbocycles. The van der Waals surface area contributed by atoms with Gasteiger partial charge in [-0.15, -0.1) is 0 Å². The normalized spacial score (nSPS) is 13.2. The highest BCUT2D eigenvalue weighted by Gasteiger charge is 2.33. The van der Waals surface area contributed by atoms with Gasteiger partial charge >= 0.3 is 5.97 Å². The Balaban J connectivity index is 3.28. The van der Waals surface area contributed by atoms with Gasteiger partial charge in [-0.1, -0.05) is 20.8 Å². The Morgan fingerprint density at radius 1 is 1.62 bits per heavy atom. The average molecular weight is 285 g/mol. The Kier molecular flexibility index (Phi) is 3.44. The Labute approximate surface area is 103 Å². The molecule has 1 aromatic rings. The highest BCUT2D eigenvalue weighted by Crippen LogP contribution is 2.35. The molecule has 0 saturated heterocycles. The second kappa shape index (κ2) is 4.30. The smallest absolute Gasteiger partial charge is 0.327 e. The lowest BCUT2D eigenvalue weighted by Gasteiger charge is -2.29. The zero-order valence-electron chi connectivity index (χ0n) is 9.36. The first-order chi connectivity index (χ1) is 7.27. The van der Waals surface area contributed by atoms with Crippen LogP contribution in [0.5, 0.6) is 0 Å². The van der Waals surface area contributed by atoms with Crippen LogP contribution in [0.4, 0.5) is 5.69 Å². The summed E-state index contributed by atoms with van der Waals surface area (Å²) in [7, 11) is 0. The molecule has 0 aliphatic carbocycles. The van der Waals surface area contributed by atoms with E-state index in [1.165, 1.54) is 0 Å². The van der Waals surface area contributed by atoms with E-state index < -0.39 is 17.4 Å². The molecule has 0 fully saturated rings. The van der Waals surface area contributed by atoms with Crippen molar-refractivity contribution in [3.63, 3.8) is 0 Å². The molecule has 16 heavy (non-hydrogen) atoms. The number of aliphatic carboxylic acids is 1. The first-order valence-electron chi connectivity index (χ1n) is 4.75.